The van der Waals surface area contributed by atoms with Crippen molar-refractivity contribution in [1.29, 1.82) is 0 Å². The first-order valence-corrected chi connectivity index (χ1v) is 6.65. The third-order valence-corrected chi connectivity index (χ3v) is 3.53. The Morgan fingerprint density at radius 1 is 1.25 bits per heavy atom. The molecule has 2 rings (SSSR count). The molecule has 0 saturated carbocycles. The number of carboxylic acids is 1. The molecule has 2 aromatic rings. The maximum Gasteiger partial charge on any atom is 0.337 e. The Hall–Kier alpha value is -2.00. The van der Waals surface area contributed by atoms with Crippen LogP contribution in [0.1, 0.15) is 21.5 Å². The Kier molecular flexibility index (Phi) is 4.30. The molecule has 0 aliphatic heterocycles. The lowest BCUT2D eigenvalue weighted by Crippen LogP contribution is -2.19. The van der Waals surface area contributed by atoms with E-state index in [4.69, 9.17) is 11.6 Å². The molecule has 0 unspecified atom stereocenters. The minimum absolute atomic E-state index is 0.296. The molecular weight excluding hydrogens is 274 g/mol. The van der Waals surface area contributed by atoms with Crippen molar-refractivity contribution in [1.82, 2.24) is 0 Å². The van der Waals surface area contributed by atoms with Gasteiger partial charge in [0.2, 0.25) is 0 Å². The van der Waals surface area contributed by atoms with Crippen molar-refractivity contribution in [2.45, 2.75) is 13.5 Å². The number of aromatic carboxylic acids is 1. The number of anilines is 1. The standard InChI is InChI=1S/C16H16ClNO2/c1-11-7-8-13(16(19)20)15(9-11)18(2)10-12-5-3-4-6-14(12)17/h3-9H,10H2,1-2H3,(H,19,20). The summed E-state index contributed by atoms with van der Waals surface area (Å²) < 4.78 is 0. The third-order valence-electron chi connectivity index (χ3n) is 3.16. The zero-order chi connectivity index (χ0) is 14.7. The number of aryl methyl sites for hydroxylation is 1. The van der Waals surface area contributed by atoms with E-state index in [0.717, 1.165) is 11.1 Å². The number of benzene rings is 2. The Morgan fingerprint density at radius 3 is 2.60 bits per heavy atom. The second kappa shape index (κ2) is 5.97. The van der Waals surface area contributed by atoms with Crippen LogP contribution in [-0.4, -0.2) is 18.1 Å². The number of hydrogen-bond acceptors (Lipinski definition) is 2. The molecule has 0 spiro atoms. The molecule has 104 valence electrons. The van der Waals surface area contributed by atoms with Crippen molar-refractivity contribution in [3.05, 3.63) is 64.2 Å². The fraction of sp³-hybridized carbons (Fsp3) is 0.188. The summed E-state index contributed by atoms with van der Waals surface area (Å²) in [7, 11) is 1.87. The van der Waals surface area contributed by atoms with Gasteiger partial charge in [-0.25, -0.2) is 4.79 Å². The molecule has 0 aliphatic carbocycles. The molecule has 3 nitrogen and oxygen atoms in total. The van der Waals surface area contributed by atoms with E-state index in [1.54, 1.807) is 12.1 Å². The van der Waals surface area contributed by atoms with E-state index in [-0.39, 0.29) is 0 Å². The van der Waals surface area contributed by atoms with Crippen molar-refractivity contribution in [2.24, 2.45) is 0 Å². The third kappa shape index (κ3) is 3.11. The lowest BCUT2D eigenvalue weighted by Gasteiger charge is -2.22. The van der Waals surface area contributed by atoms with Crippen molar-refractivity contribution in [2.75, 3.05) is 11.9 Å². The molecule has 0 radical (unpaired) electrons. The zero-order valence-corrected chi connectivity index (χ0v) is 12.2. The minimum Gasteiger partial charge on any atom is -0.478 e. The fourth-order valence-corrected chi connectivity index (χ4v) is 2.30. The van der Waals surface area contributed by atoms with Crippen LogP contribution in [0.25, 0.3) is 0 Å². The maximum atomic E-state index is 11.3. The van der Waals surface area contributed by atoms with Crippen LogP contribution in [0.2, 0.25) is 5.02 Å². The first-order valence-electron chi connectivity index (χ1n) is 6.27. The Bertz CT molecular complexity index is 640. The molecule has 0 atom stereocenters. The monoisotopic (exact) mass is 289 g/mol. The molecule has 0 bridgehead atoms. The van der Waals surface area contributed by atoms with E-state index in [1.165, 1.54) is 0 Å². The number of carbonyl (C=O) groups is 1. The van der Waals surface area contributed by atoms with Gasteiger partial charge >= 0.3 is 5.97 Å². The van der Waals surface area contributed by atoms with E-state index in [1.807, 2.05) is 49.2 Å². The van der Waals surface area contributed by atoms with Crippen molar-refractivity contribution in [3.8, 4) is 0 Å². The molecule has 0 amide bonds. The van der Waals surface area contributed by atoms with Crippen LogP contribution in [0.5, 0.6) is 0 Å². The molecule has 0 aliphatic rings. The number of hydrogen-bond donors (Lipinski definition) is 1. The zero-order valence-electron chi connectivity index (χ0n) is 11.4. The lowest BCUT2D eigenvalue weighted by molar-refractivity contribution is 0.0697. The van der Waals surface area contributed by atoms with Gasteiger partial charge in [-0.3, -0.25) is 0 Å². The second-order valence-corrected chi connectivity index (χ2v) is 5.18. The van der Waals surface area contributed by atoms with E-state index >= 15 is 0 Å². The van der Waals surface area contributed by atoms with Crippen LogP contribution < -0.4 is 4.90 Å². The lowest BCUT2D eigenvalue weighted by atomic mass is 10.1. The average Bonchev–Trinajstić information content (AvgIpc) is 2.40. The van der Waals surface area contributed by atoms with Gasteiger partial charge in [0.15, 0.2) is 0 Å². The largest absolute Gasteiger partial charge is 0.478 e. The number of carboxylic acid groups (broad SMARTS) is 1. The summed E-state index contributed by atoms with van der Waals surface area (Å²) in [6.45, 7) is 2.50. The van der Waals surface area contributed by atoms with E-state index in [2.05, 4.69) is 0 Å². The van der Waals surface area contributed by atoms with Gasteiger partial charge < -0.3 is 10.0 Å². The molecule has 2 aromatic carbocycles. The number of halogens is 1. The molecular formula is C16H16ClNO2. The fourth-order valence-electron chi connectivity index (χ4n) is 2.11. The highest BCUT2D eigenvalue weighted by Gasteiger charge is 2.14. The van der Waals surface area contributed by atoms with Crippen molar-refractivity contribution >= 4 is 23.3 Å². The van der Waals surface area contributed by atoms with Crippen LogP contribution in [0.15, 0.2) is 42.5 Å². The maximum absolute atomic E-state index is 11.3. The predicted molar refractivity (Wildman–Crippen MR) is 81.7 cm³/mol. The topological polar surface area (TPSA) is 40.5 Å². The minimum atomic E-state index is -0.925. The molecule has 0 fully saturated rings. The summed E-state index contributed by atoms with van der Waals surface area (Å²) in [5.74, 6) is -0.925. The predicted octanol–water partition coefficient (Wildman–Crippen LogP) is 3.98. The van der Waals surface area contributed by atoms with Crippen LogP contribution in [-0.2, 0) is 6.54 Å². The van der Waals surface area contributed by atoms with Gasteiger partial charge in [-0.15, -0.1) is 0 Å². The summed E-state index contributed by atoms with van der Waals surface area (Å²) in [5.41, 5.74) is 2.98. The summed E-state index contributed by atoms with van der Waals surface area (Å²) in [6, 6.07) is 12.9. The highest BCUT2D eigenvalue weighted by molar-refractivity contribution is 6.31. The summed E-state index contributed by atoms with van der Waals surface area (Å²) in [4.78, 5) is 13.2. The second-order valence-electron chi connectivity index (χ2n) is 4.77. The van der Waals surface area contributed by atoms with Crippen LogP contribution in [0.3, 0.4) is 0 Å². The molecule has 0 heterocycles. The number of nitrogens with zero attached hydrogens (tertiary/aromatic N) is 1. The first-order chi connectivity index (χ1) is 9.49. The smallest absolute Gasteiger partial charge is 0.337 e. The summed E-state index contributed by atoms with van der Waals surface area (Å²) in [5, 5.41) is 9.96. The Balaban J connectivity index is 2.34. The highest BCUT2D eigenvalue weighted by Crippen LogP contribution is 2.25. The number of rotatable bonds is 4. The normalized spacial score (nSPS) is 10.3. The Labute approximate surface area is 123 Å². The van der Waals surface area contributed by atoms with Gasteiger partial charge in [-0.1, -0.05) is 35.9 Å². The van der Waals surface area contributed by atoms with Crippen molar-refractivity contribution < 1.29 is 9.90 Å². The van der Waals surface area contributed by atoms with Gasteiger partial charge in [0.25, 0.3) is 0 Å². The first kappa shape index (κ1) is 14.4. The van der Waals surface area contributed by atoms with Crippen LogP contribution in [0, 0.1) is 6.92 Å². The van der Waals surface area contributed by atoms with Gasteiger partial charge in [0, 0.05) is 18.6 Å². The molecule has 4 heteroatoms. The molecule has 0 aromatic heterocycles. The summed E-state index contributed by atoms with van der Waals surface area (Å²) in [6.07, 6.45) is 0. The van der Waals surface area contributed by atoms with Crippen molar-refractivity contribution in [3.63, 3.8) is 0 Å². The van der Waals surface area contributed by atoms with Gasteiger partial charge in [-0.05, 0) is 36.2 Å². The van der Waals surface area contributed by atoms with E-state index in [9.17, 15) is 9.90 Å². The Morgan fingerprint density at radius 2 is 1.95 bits per heavy atom. The van der Waals surface area contributed by atoms with Gasteiger partial charge in [0.05, 0.1) is 11.3 Å². The highest BCUT2D eigenvalue weighted by atomic mass is 35.5. The summed E-state index contributed by atoms with van der Waals surface area (Å²) >= 11 is 6.15. The van der Waals surface area contributed by atoms with Crippen LogP contribution in [0.4, 0.5) is 5.69 Å². The van der Waals surface area contributed by atoms with Crippen LogP contribution >= 0.6 is 11.6 Å². The van der Waals surface area contributed by atoms with E-state index in [0.29, 0.717) is 22.8 Å². The van der Waals surface area contributed by atoms with Gasteiger partial charge in [0.1, 0.15) is 0 Å². The quantitative estimate of drug-likeness (QED) is 0.925. The average molecular weight is 290 g/mol. The molecule has 20 heavy (non-hydrogen) atoms. The SMILES string of the molecule is Cc1ccc(C(=O)O)c(N(C)Cc2ccccc2Cl)c1. The molecule has 1 N–H and O–H groups in total. The van der Waals surface area contributed by atoms with E-state index < -0.39 is 5.97 Å². The van der Waals surface area contributed by atoms with Gasteiger partial charge in [-0.2, -0.15) is 0 Å². The molecule has 0 saturated heterocycles.